The van der Waals surface area contributed by atoms with Gasteiger partial charge in [0.25, 0.3) is 9.05 Å². The average molecular weight is 297 g/mol. The van der Waals surface area contributed by atoms with E-state index < -0.39 is 26.3 Å². The van der Waals surface area contributed by atoms with Crippen LogP contribution in [0, 0.1) is 11.3 Å². The Bertz CT molecular complexity index is 599. The van der Waals surface area contributed by atoms with Gasteiger partial charge in [-0.1, -0.05) is 0 Å². The smallest absolute Gasteiger partial charge is 0.387 e. The van der Waals surface area contributed by atoms with Crippen molar-refractivity contribution in [1.82, 2.24) is 0 Å². The molecule has 0 amide bonds. The summed E-state index contributed by atoms with van der Waals surface area (Å²) in [7, 11) is 1.02. The van der Waals surface area contributed by atoms with Gasteiger partial charge >= 0.3 is 6.61 Å². The van der Waals surface area contributed by atoms with Crippen molar-refractivity contribution < 1.29 is 21.9 Å². The third-order valence-electron chi connectivity index (χ3n) is 1.98. The van der Waals surface area contributed by atoms with E-state index in [9.17, 15) is 17.2 Å². The molecule has 0 unspecified atom stereocenters. The molecule has 5 nitrogen and oxygen atoms in total. The number of rotatable bonds is 4. The van der Waals surface area contributed by atoms with Crippen molar-refractivity contribution in [2.45, 2.75) is 18.1 Å². The van der Waals surface area contributed by atoms with Crippen LogP contribution in [-0.2, 0) is 15.6 Å². The van der Waals surface area contributed by atoms with Crippen molar-refractivity contribution in [3.8, 4) is 11.8 Å². The van der Waals surface area contributed by atoms with Crippen LogP contribution in [0.15, 0.2) is 17.0 Å². The lowest BCUT2D eigenvalue weighted by atomic mass is 10.1. The average Bonchev–Trinajstić information content (AvgIpc) is 2.26. The fourth-order valence-electron chi connectivity index (χ4n) is 1.27. The number of hydrogen-bond donors (Lipinski definition) is 1. The second-order valence-corrected chi connectivity index (χ2v) is 5.62. The summed E-state index contributed by atoms with van der Waals surface area (Å²) in [5, 5.41) is 8.74. The molecule has 1 aromatic rings. The molecule has 0 atom stereocenters. The lowest BCUT2D eigenvalue weighted by Gasteiger charge is -2.11. The first-order valence-corrected chi connectivity index (χ1v) is 6.77. The number of nitrogens with zero attached hydrogens (tertiary/aromatic N) is 1. The largest absolute Gasteiger partial charge is 0.433 e. The van der Waals surface area contributed by atoms with Crippen LogP contribution >= 0.6 is 10.7 Å². The summed E-state index contributed by atoms with van der Waals surface area (Å²) in [5.41, 5.74) is 4.91. The Morgan fingerprint density at radius 2 is 2.11 bits per heavy atom. The zero-order valence-electron chi connectivity index (χ0n) is 8.73. The van der Waals surface area contributed by atoms with Crippen molar-refractivity contribution in [3.63, 3.8) is 0 Å². The summed E-state index contributed by atoms with van der Waals surface area (Å²) in [6, 6.07) is 3.35. The first kappa shape index (κ1) is 14.6. The summed E-state index contributed by atoms with van der Waals surface area (Å²) in [6.45, 7) is -3.40. The van der Waals surface area contributed by atoms with Crippen molar-refractivity contribution >= 4 is 19.7 Å². The molecule has 98 valence electrons. The zero-order valence-corrected chi connectivity index (χ0v) is 10.3. The molecular formula is C9H7ClF2N2O3S. The zero-order chi connectivity index (χ0) is 13.9. The summed E-state index contributed by atoms with van der Waals surface area (Å²) < 4.78 is 50.7. The Labute approximate surface area is 106 Å². The number of alkyl halides is 2. The van der Waals surface area contributed by atoms with Crippen LogP contribution in [0.25, 0.3) is 0 Å². The van der Waals surface area contributed by atoms with Crippen molar-refractivity contribution in [1.29, 1.82) is 5.26 Å². The van der Waals surface area contributed by atoms with Gasteiger partial charge in [-0.2, -0.15) is 14.0 Å². The van der Waals surface area contributed by atoms with Crippen LogP contribution in [0.1, 0.15) is 11.1 Å². The third-order valence-corrected chi connectivity index (χ3v) is 3.39. The van der Waals surface area contributed by atoms with Crippen LogP contribution < -0.4 is 10.5 Å². The van der Waals surface area contributed by atoms with Gasteiger partial charge in [0.15, 0.2) is 0 Å². The molecule has 0 aliphatic rings. The molecule has 1 aromatic carbocycles. The Morgan fingerprint density at radius 3 is 2.50 bits per heavy atom. The van der Waals surface area contributed by atoms with E-state index in [2.05, 4.69) is 4.74 Å². The second kappa shape index (κ2) is 5.48. The van der Waals surface area contributed by atoms with Gasteiger partial charge in [0.1, 0.15) is 11.8 Å². The number of nitriles is 1. The Balaban J connectivity index is 3.48. The first-order chi connectivity index (χ1) is 8.29. The molecule has 0 fully saturated rings. The van der Waals surface area contributed by atoms with Gasteiger partial charge < -0.3 is 10.5 Å². The molecule has 0 aliphatic carbocycles. The summed E-state index contributed by atoms with van der Waals surface area (Å²) in [5.74, 6) is -0.447. The number of ether oxygens (including phenoxy) is 1. The highest BCUT2D eigenvalue weighted by Gasteiger charge is 2.20. The summed E-state index contributed by atoms with van der Waals surface area (Å²) in [6.07, 6.45) is 0. The molecule has 18 heavy (non-hydrogen) atoms. The third kappa shape index (κ3) is 3.29. The predicted molar refractivity (Wildman–Crippen MR) is 58.7 cm³/mol. The molecule has 0 aliphatic heterocycles. The van der Waals surface area contributed by atoms with Crippen molar-refractivity contribution in [3.05, 3.63) is 23.3 Å². The van der Waals surface area contributed by atoms with E-state index in [1.54, 1.807) is 6.07 Å². The number of benzene rings is 1. The molecule has 0 saturated heterocycles. The SMILES string of the molecule is N#Cc1cc(S(=O)(=O)Cl)c(CN)cc1OC(F)F. The minimum atomic E-state index is -4.13. The second-order valence-electron chi connectivity index (χ2n) is 3.09. The lowest BCUT2D eigenvalue weighted by molar-refractivity contribution is -0.0501. The van der Waals surface area contributed by atoms with E-state index in [4.69, 9.17) is 21.7 Å². The maximum absolute atomic E-state index is 12.1. The molecule has 0 radical (unpaired) electrons. The summed E-state index contributed by atoms with van der Waals surface area (Å²) >= 11 is 0. The molecule has 9 heteroatoms. The van der Waals surface area contributed by atoms with Gasteiger partial charge in [-0.05, 0) is 17.7 Å². The van der Waals surface area contributed by atoms with Crippen molar-refractivity contribution in [2.75, 3.05) is 0 Å². The number of hydrogen-bond acceptors (Lipinski definition) is 5. The molecule has 0 saturated carbocycles. The highest BCUT2D eigenvalue weighted by molar-refractivity contribution is 8.13. The van der Waals surface area contributed by atoms with Gasteiger partial charge in [0.05, 0.1) is 10.5 Å². The van der Waals surface area contributed by atoms with E-state index >= 15 is 0 Å². The first-order valence-electron chi connectivity index (χ1n) is 4.46. The van der Waals surface area contributed by atoms with Crippen molar-refractivity contribution in [2.24, 2.45) is 5.73 Å². The highest BCUT2D eigenvalue weighted by atomic mass is 35.7. The van der Waals surface area contributed by atoms with Gasteiger partial charge in [-0.15, -0.1) is 0 Å². The molecule has 0 spiro atoms. The normalized spacial score (nSPS) is 11.3. The Kier molecular flexibility index (Phi) is 4.45. The van der Waals surface area contributed by atoms with Gasteiger partial charge in [-0.3, -0.25) is 0 Å². The molecule has 1 rings (SSSR count). The van der Waals surface area contributed by atoms with Crippen LogP contribution in [0.3, 0.4) is 0 Å². The number of nitrogens with two attached hydrogens (primary N) is 1. The standard InChI is InChI=1S/C9H7ClF2N2O3S/c10-18(15,16)8-2-5(3-13)7(17-9(11)12)1-6(8)4-14/h1-2,9H,4,14H2. The minimum Gasteiger partial charge on any atom is -0.433 e. The van der Waals surface area contributed by atoms with Crippen LogP contribution in [-0.4, -0.2) is 15.0 Å². The Morgan fingerprint density at radius 1 is 1.50 bits per heavy atom. The topological polar surface area (TPSA) is 93.2 Å². The molecule has 0 aromatic heterocycles. The molecular weight excluding hydrogens is 290 g/mol. The maximum atomic E-state index is 12.1. The molecule has 0 bridgehead atoms. The lowest BCUT2D eigenvalue weighted by Crippen LogP contribution is -2.09. The van der Waals surface area contributed by atoms with Crippen LogP contribution in [0.2, 0.25) is 0 Å². The minimum absolute atomic E-state index is 0.0142. The molecule has 0 heterocycles. The number of halogens is 3. The van der Waals surface area contributed by atoms with Crippen LogP contribution in [0.5, 0.6) is 5.75 Å². The fourth-order valence-corrected chi connectivity index (χ4v) is 2.41. The van der Waals surface area contributed by atoms with Gasteiger partial charge in [0, 0.05) is 17.2 Å². The summed E-state index contributed by atoms with van der Waals surface area (Å²) in [4.78, 5) is -0.398. The monoisotopic (exact) mass is 296 g/mol. The predicted octanol–water partition coefficient (Wildman–Crippen LogP) is 1.55. The van der Waals surface area contributed by atoms with E-state index in [-0.39, 0.29) is 17.7 Å². The maximum Gasteiger partial charge on any atom is 0.387 e. The van der Waals surface area contributed by atoms with Crippen LogP contribution in [0.4, 0.5) is 8.78 Å². The fraction of sp³-hybridized carbons (Fsp3) is 0.222. The molecule has 2 N–H and O–H groups in total. The van der Waals surface area contributed by atoms with E-state index in [1.807, 2.05) is 0 Å². The Hall–Kier alpha value is -1.43. The van der Waals surface area contributed by atoms with E-state index in [0.29, 0.717) is 0 Å². The van der Waals surface area contributed by atoms with Gasteiger partial charge in [-0.25, -0.2) is 8.42 Å². The quantitative estimate of drug-likeness (QED) is 0.851. The van der Waals surface area contributed by atoms with Gasteiger partial charge in [0.2, 0.25) is 0 Å². The highest BCUT2D eigenvalue weighted by Crippen LogP contribution is 2.29. The van der Waals surface area contributed by atoms with E-state index in [0.717, 1.165) is 12.1 Å². The van der Waals surface area contributed by atoms with E-state index in [1.165, 1.54) is 0 Å².